The summed E-state index contributed by atoms with van der Waals surface area (Å²) in [7, 11) is 0. The summed E-state index contributed by atoms with van der Waals surface area (Å²) in [6.07, 6.45) is 0.690. The molecule has 0 aliphatic rings. The van der Waals surface area contributed by atoms with E-state index in [0.29, 0.717) is 12.3 Å². The molecule has 1 aromatic rings. The Bertz CT molecular complexity index is 404. The number of hydrogen-bond acceptors (Lipinski definition) is 2. The highest BCUT2D eigenvalue weighted by Gasteiger charge is 2.15. The molecule has 0 spiro atoms. The van der Waals surface area contributed by atoms with Crippen LogP contribution in [0.1, 0.15) is 25.8 Å². The number of benzene rings is 1. The van der Waals surface area contributed by atoms with Gasteiger partial charge in [0.2, 0.25) is 5.91 Å². The smallest absolute Gasteiger partial charge is 0.241 e. The molecule has 0 aliphatic heterocycles. The number of hydrogen-bond donors (Lipinski definition) is 2. The fourth-order valence-electron chi connectivity index (χ4n) is 1.58. The molecule has 0 aliphatic carbocycles. The van der Waals surface area contributed by atoms with E-state index in [1.807, 2.05) is 25.1 Å². The van der Waals surface area contributed by atoms with E-state index in [9.17, 15) is 4.79 Å². The lowest BCUT2D eigenvalue weighted by molar-refractivity contribution is -0.117. The third-order valence-corrected chi connectivity index (χ3v) is 3.13. The van der Waals surface area contributed by atoms with Crippen molar-refractivity contribution in [2.45, 2.75) is 33.2 Å². The average molecular weight is 299 g/mol. The van der Waals surface area contributed by atoms with E-state index in [4.69, 9.17) is 5.73 Å². The number of carbonyl (C=O) groups excluding carboxylic acids is 1. The van der Waals surface area contributed by atoms with Crippen molar-refractivity contribution in [3.05, 3.63) is 28.2 Å². The molecule has 1 rings (SSSR count). The first kappa shape index (κ1) is 14.2. The standard InChI is InChI=1S/C13H19BrN2O/c1-8(2)6-11(15)13(17)16-12-7-9(3)4-5-10(12)14/h4-5,7-8,11H,6,15H2,1-3H3,(H,16,17). The number of rotatable bonds is 4. The Kier molecular flexibility index (Phi) is 5.15. The van der Waals surface area contributed by atoms with Crippen LogP contribution in [0.4, 0.5) is 5.69 Å². The molecule has 0 heterocycles. The summed E-state index contributed by atoms with van der Waals surface area (Å²) in [6, 6.07) is 5.36. The Labute approximate surface area is 111 Å². The van der Waals surface area contributed by atoms with E-state index in [1.54, 1.807) is 0 Å². The zero-order valence-electron chi connectivity index (χ0n) is 10.5. The molecule has 1 unspecified atom stereocenters. The highest BCUT2D eigenvalue weighted by atomic mass is 79.9. The fraction of sp³-hybridized carbons (Fsp3) is 0.462. The van der Waals surface area contributed by atoms with E-state index >= 15 is 0 Å². The lowest BCUT2D eigenvalue weighted by atomic mass is 10.0. The molecular weight excluding hydrogens is 280 g/mol. The third kappa shape index (κ3) is 4.48. The average Bonchev–Trinajstić information content (AvgIpc) is 2.22. The number of halogens is 1. The van der Waals surface area contributed by atoms with Crippen LogP contribution in [0.25, 0.3) is 0 Å². The second-order valence-electron chi connectivity index (χ2n) is 4.71. The maximum absolute atomic E-state index is 11.9. The number of anilines is 1. The van der Waals surface area contributed by atoms with Crippen LogP contribution < -0.4 is 11.1 Å². The van der Waals surface area contributed by atoms with Crippen molar-refractivity contribution >= 4 is 27.5 Å². The number of aryl methyl sites for hydroxylation is 1. The number of amides is 1. The minimum absolute atomic E-state index is 0.134. The molecule has 3 nitrogen and oxygen atoms in total. The van der Waals surface area contributed by atoms with Gasteiger partial charge in [0, 0.05) is 4.47 Å². The fourth-order valence-corrected chi connectivity index (χ4v) is 1.92. The molecule has 1 atom stereocenters. The van der Waals surface area contributed by atoms with E-state index in [1.165, 1.54) is 0 Å². The molecule has 0 fully saturated rings. The van der Waals surface area contributed by atoms with Crippen LogP contribution in [0.5, 0.6) is 0 Å². The van der Waals surface area contributed by atoms with E-state index in [2.05, 4.69) is 35.1 Å². The summed E-state index contributed by atoms with van der Waals surface area (Å²) >= 11 is 3.40. The van der Waals surface area contributed by atoms with Gasteiger partial charge in [0.05, 0.1) is 11.7 Å². The SMILES string of the molecule is Cc1ccc(Br)c(NC(=O)C(N)CC(C)C)c1. The Morgan fingerprint density at radius 3 is 2.71 bits per heavy atom. The second kappa shape index (κ2) is 6.17. The van der Waals surface area contributed by atoms with Crippen molar-refractivity contribution < 1.29 is 4.79 Å². The lowest BCUT2D eigenvalue weighted by Crippen LogP contribution is -2.36. The van der Waals surface area contributed by atoms with E-state index in [-0.39, 0.29) is 5.91 Å². The van der Waals surface area contributed by atoms with Crippen LogP contribution in [-0.4, -0.2) is 11.9 Å². The highest BCUT2D eigenvalue weighted by molar-refractivity contribution is 9.10. The zero-order valence-corrected chi connectivity index (χ0v) is 12.0. The van der Waals surface area contributed by atoms with Crippen molar-refractivity contribution in [3.8, 4) is 0 Å². The Morgan fingerprint density at radius 1 is 1.47 bits per heavy atom. The molecule has 0 radical (unpaired) electrons. The zero-order chi connectivity index (χ0) is 13.0. The van der Waals surface area contributed by atoms with Crippen LogP contribution in [-0.2, 0) is 4.79 Å². The highest BCUT2D eigenvalue weighted by Crippen LogP contribution is 2.23. The van der Waals surface area contributed by atoms with Gasteiger partial charge in [0.15, 0.2) is 0 Å². The predicted molar refractivity (Wildman–Crippen MR) is 74.9 cm³/mol. The molecule has 1 amide bonds. The van der Waals surface area contributed by atoms with Gasteiger partial charge >= 0.3 is 0 Å². The topological polar surface area (TPSA) is 55.1 Å². The Morgan fingerprint density at radius 2 is 2.12 bits per heavy atom. The van der Waals surface area contributed by atoms with E-state index < -0.39 is 6.04 Å². The van der Waals surface area contributed by atoms with Gasteiger partial charge in [-0.05, 0) is 52.9 Å². The minimum atomic E-state index is -0.456. The molecule has 17 heavy (non-hydrogen) atoms. The summed E-state index contributed by atoms with van der Waals surface area (Å²) < 4.78 is 0.869. The Hall–Kier alpha value is -0.870. The molecular formula is C13H19BrN2O. The van der Waals surface area contributed by atoms with Crippen molar-refractivity contribution in [1.29, 1.82) is 0 Å². The lowest BCUT2D eigenvalue weighted by Gasteiger charge is -2.15. The summed E-state index contributed by atoms with van der Waals surface area (Å²) in [6.45, 7) is 6.08. The quantitative estimate of drug-likeness (QED) is 0.897. The minimum Gasteiger partial charge on any atom is -0.324 e. The van der Waals surface area contributed by atoms with Crippen LogP contribution in [0, 0.1) is 12.8 Å². The molecule has 94 valence electrons. The molecule has 0 aromatic heterocycles. The monoisotopic (exact) mass is 298 g/mol. The summed E-state index contributed by atoms with van der Waals surface area (Å²) in [5, 5.41) is 2.85. The van der Waals surface area contributed by atoms with Gasteiger partial charge in [-0.3, -0.25) is 4.79 Å². The van der Waals surface area contributed by atoms with Crippen LogP contribution >= 0.6 is 15.9 Å². The molecule has 0 saturated heterocycles. The first-order valence-corrected chi connectivity index (χ1v) is 6.52. The van der Waals surface area contributed by atoms with E-state index in [0.717, 1.165) is 15.7 Å². The van der Waals surface area contributed by atoms with Gasteiger partial charge < -0.3 is 11.1 Å². The normalized spacial score (nSPS) is 12.6. The van der Waals surface area contributed by atoms with Gasteiger partial charge in [-0.1, -0.05) is 19.9 Å². The van der Waals surface area contributed by atoms with Crippen LogP contribution in [0.15, 0.2) is 22.7 Å². The van der Waals surface area contributed by atoms with Crippen LogP contribution in [0.2, 0.25) is 0 Å². The van der Waals surface area contributed by atoms with Gasteiger partial charge in [-0.15, -0.1) is 0 Å². The molecule has 1 aromatic carbocycles. The number of carbonyl (C=O) groups is 1. The van der Waals surface area contributed by atoms with Gasteiger partial charge in [0.25, 0.3) is 0 Å². The largest absolute Gasteiger partial charge is 0.324 e. The van der Waals surface area contributed by atoms with Crippen LogP contribution in [0.3, 0.4) is 0 Å². The summed E-state index contributed by atoms with van der Waals surface area (Å²) in [4.78, 5) is 11.9. The predicted octanol–water partition coefficient (Wildman–Crippen LogP) is 3.07. The first-order valence-electron chi connectivity index (χ1n) is 5.72. The maximum Gasteiger partial charge on any atom is 0.241 e. The second-order valence-corrected chi connectivity index (χ2v) is 5.56. The van der Waals surface area contributed by atoms with Crippen molar-refractivity contribution in [1.82, 2.24) is 0 Å². The Balaban J connectivity index is 2.70. The number of nitrogens with one attached hydrogen (secondary N) is 1. The molecule has 0 saturated carbocycles. The number of nitrogens with two attached hydrogens (primary N) is 1. The molecule has 4 heteroatoms. The van der Waals surface area contributed by atoms with Crippen molar-refractivity contribution in [2.75, 3.05) is 5.32 Å². The van der Waals surface area contributed by atoms with Crippen molar-refractivity contribution in [3.63, 3.8) is 0 Å². The first-order chi connectivity index (χ1) is 7.90. The van der Waals surface area contributed by atoms with Gasteiger partial charge in [-0.2, -0.15) is 0 Å². The van der Waals surface area contributed by atoms with Gasteiger partial charge in [-0.25, -0.2) is 0 Å². The maximum atomic E-state index is 11.9. The summed E-state index contributed by atoms with van der Waals surface area (Å²) in [5.41, 5.74) is 7.70. The molecule has 3 N–H and O–H groups in total. The summed E-state index contributed by atoms with van der Waals surface area (Å²) in [5.74, 6) is 0.279. The third-order valence-electron chi connectivity index (χ3n) is 2.44. The molecule has 0 bridgehead atoms. The van der Waals surface area contributed by atoms with Crippen molar-refractivity contribution in [2.24, 2.45) is 11.7 Å². The van der Waals surface area contributed by atoms with Gasteiger partial charge in [0.1, 0.15) is 0 Å².